The molecule has 1 aromatic carbocycles. The van der Waals surface area contributed by atoms with Crippen LogP contribution in [0, 0.1) is 0 Å². The van der Waals surface area contributed by atoms with Crippen molar-refractivity contribution in [2.75, 3.05) is 13.1 Å². The topological polar surface area (TPSA) is 23.5 Å². The Labute approximate surface area is 104 Å². The molecule has 17 heavy (non-hydrogen) atoms. The van der Waals surface area contributed by atoms with Gasteiger partial charge in [0.1, 0.15) is 0 Å². The van der Waals surface area contributed by atoms with Crippen molar-refractivity contribution < 1.29 is 5.11 Å². The Morgan fingerprint density at radius 3 is 2.35 bits per heavy atom. The molecular formula is C15H23NO. The lowest BCUT2D eigenvalue weighted by atomic mass is 9.84. The quantitative estimate of drug-likeness (QED) is 0.867. The van der Waals surface area contributed by atoms with E-state index in [4.69, 9.17) is 0 Å². The van der Waals surface area contributed by atoms with E-state index in [1.165, 1.54) is 6.42 Å². The van der Waals surface area contributed by atoms with Gasteiger partial charge < -0.3 is 10.0 Å². The van der Waals surface area contributed by atoms with Gasteiger partial charge in [0.15, 0.2) is 0 Å². The maximum Gasteiger partial charge on any atom is 0.0920 e. The second-order valence-electron chi connectivity index (χ2n) is 5.19. The third-order valence-electron chi connectivity index (χ3n) is 4.15. The zero-order valence-electron chi connectivity index (χ0n) is 10.9. The summed E-state index contributed by atoms with van der Waals surface area (Å²) in [6, 6.07) is 10.7. The fourth-order valence-electron chi connectivity index (χ4n) is 2.63. The fourth-order valence-corrected chi connectivity index (χ4v) is 2.63. The van der Waals surface area contributed by atoms with E-state index in [9.17, 15) is 5.11 Å². The SMILES string of the molecule is CC[C@H](C)N1CCC(O)(c2ccccc2)CC1. The van der Waals surface area contributed by atoms with Gasteiger partial charge in [0, 0.05) is 19.1 Å². The van der Waals surface area contributed by atoms with E-state index in [-0.39, 0.29) is 0 Å². The van der Waals surface area contributed by atoms with Gasteiger partial charge in [-0.15, -0.1) is 0 Å². The van der Waals surface area contributed by atoms with E-state index in [1.807, 2.05) is 30.3 Å². The van der Waals surface area contributed by atoms with Gasteiger partial charge >= 0.3 is 0 Å². The number of aliphatic hydroxyl groups is 1. The molecule has 2 nitrogen and oxygen atoms in total. The second kappa shape index (κ2) is 5.19. The summed E-state index contributed by atoms with van der Waals surface area (Å²) < 4.78 is 0. The minimum atomic E-state index is -0.606. The van der Waals surface area contributed by atoms with E-state index in [0.29, 0.717) is 6.04 Å². The van der Waals surface area contributed by atoms with Crippen molar-refractivity contribution in [3.63, 3.8) is 0 Å². The number of nitrogens with zero attached hydrogens (tertiary/aromatic N) is 1. The Kier molecular flexibility index (Phi) is 3.85. The number of hydrogen-bond donors (Lipinski definition) is 1. The van der Waals surface area contributed by atoms with Crippen LogP contribution in [0.1, 0.15) is 38.7 Å². The van der Waals surface area contributed by atoms with Crippen molar-refractivity contribution in [2.24, 2.45) is 0 Å². The van der Waals surface area contributed by atoms with Gasteiger partial charge in [0.2, 0.25) is 0 Å². The number of likely N-dealkylation sites (tertiary alicyclic amines) is 1. The van der Waals surface area contributed by atoms with Crippen LogP contribution in [-0.4, -0.2) is 29.1 Å². The maximum absolute atomic E-state index is 10.7. The van der Waals surface area contributed by atoms with E-state index >= 15 is 0 Å². The van der Waals surface area contributed by atoms with Crippen LogP contribution in [0.2, 0.25) is 0 Å². The molecule has 1 N–H and O–H groups in total. The van der Waals surface area contributed by atoms with Crippen molar-refractivity contribution in [3.05, 3.63) is 35.9 Å². The lowest BCUT2D eigenvalue weighted by Gasteiger charge is -2.41. The Morgan fingerprint density at radius 1 is 1.24 bits per heavy atom. The minimum absolute atomic E-state index is 0.606. The molecule has 1 saturated heterocycles. The first-order chi connectivity index (χ1) is 8.15. The molecule has 1 atom stereocenters. The Hall–Kier alpha value is -0.860. The highest BCUT2D eigenvalue weighted by molar-refractivity contribution is 5.22. The average Bonchev–Trinajstić information content (AvgIpc) is 2.40. The van der Waals surface area contributed by atoms with Crippen LogP contribution in [0.15, 0.2) is 30.3 Å². The summed E-state index contributed by atoms with van der Waals surface area (Å²) in [6.45, 7) is 6.50. The third kappa shape index (κ3) is 2.70. The largest absolute Gasteiger partial charge is 0.385 e. The van der Waals surface area contributed by atoms with Crippen LogP contribution in [0.3, 0.4) is 0 Å². The molecule has 0 aromatic heterocycles. The van der Waals surface area contributed by atoms with Gasteiger partial charge in [0.25, 0.3) is 0 Å². The van der Waals surface area contributed by atoms with E-state index in [0.717, 1.165) is 31.5 Å². The molecule has 0 spiro atoms. The molecule has 0 amide bonds. The summed E-state index contributed by atoms with van der Waals surface area (Å²) >= 11 is 0. The monoisotopic (exact) mass is 233 g/mol. The molecule has 0 aliphatic carbocycles. The summed E-state index contributed by atoms with van der Waals surface area (Å²) in [5.74, 6) is 0. The summed E-state index contributed by atoms with van der Waals surface area (Å²) in [5, 5.41) is 10.7. The van der Waals surface area contributed by atoms with Crippen molar-refractivity contribution in [2.45, 2.75) is 44.8 Å². The van der Waals surface area contributed by atoms with Crippen LogP contribution in [0.4, 0.5) is 0 Å². The highest BCUT2D eigenvalue weighted by Crippen LogP contribution is 2.33. The smallest absolute Gasteiger partial charge is 0.0920 e. The Bertz CT molecular complexity index is 341. The van der Waals surface area contributed by atoms with E-state index < -0.39 is 5.60 Å². The second-order valence-corrected chi connectivity index (χ2v) is 5.19. The summed E-state index contributed by atoms with van der Waals surface area (Å²) in [7, 11) is 0. The molecule has 1 aliphatic heterocycles. The molecule has 1 fully saturated rings. The molecule has 0 bridgehead atoms. The average molecular weight is 233 g/mol. The van der Waals surface area contributed by atoms with Crippen LogP contribution < -0.4 is 0 Å². The molecule has 1 aromatic rings. The molecule has 1 aliphatic rings. The zero-order chi connectivity index (χ0) is 12.3. The first kappa shape index (κ1) is 12.6. The fraction of sp³-hybridized carbons (Fsp3) is 0.600. The number of benzene rings is 1. The maximum atomic E-state index is 10.7. The van der Waals surface area contributed by atoms with Crippen LogP contribution in [-0.2, 0) is 5.60 Å². The van der Waals surface area contributed by atoms with Gasteiger partial charge in [-0.05, 0) is 31.7 Å². The molecule has 0 saturated carbocycles. The lowest BCUT2D eigenvalue weighted by Crippen LogP contribution is -2.45. The molecular weight excluding hydrogens is 210 g/mol. The molecule has 2 heteroatoms. The van der Waals surface area contributed by atoms with Gasteiger partial charge in [-0.2, -0.15) is 0 Å². The van der Waals surface area contributed by atoms with Crippen LogP contribution in [0.5, 0.6) is 0 Å². The molecule has 1 heterocycles. The van der Waals surface area contributed by atoms with Crippen LogP contribution >= 0.6 is 0 Å². The zero-order valence-corrected chi connectivity index (χ0v) is 10.9. The molecule has 94 valence electrons. The standard InChI is InChI=1S/C15H23NO/c1-3-13(2)16-11-9-15(17,10-12-16)14-7-5-4-6-8-14/h4-8,13,17H,3,9-12H2,1-2H3/t13-/m0/s1. The minimum Gasteiger partial charge on any atom is -0.385 e. The van der Waals surface area contributed by atoms with E-state index in [1.54, 1.807) is 0 Å². The Balaban J connectivity index is 2.03. The molecule has 0 unspecified atom stereocenters. The number of piperidine rings is 1. The van der Waals surface area contributed by atoms with Gasteiger partial charge in [-0.3, -0.25) is 0 Å². The molecule has 0 radical (unpaired) electrons. The first-order valence-corrected chi connectivity index (χ1v) is 6.67. The normalized spacial score (nSPS) is 22.3. The van der Waals surface area contributed by atoms with Gasteiger partial charge in [-0.25, -0.2) is 0 Å². The highest BCUT2D eigenvalue weighted by atomic mass is 16.3. The van der Waals surface area contributed by atoms with Crippen molar-refractivity contribution >= 4 is 0 Å². The predicted octanol–water partition coefficient (Wildman–Crippen LogP) is 2.77. The van der Waals surface area contributed by atoms with Crippen molar-refractivity contribution in [1.82, 2.24) is 4.90 Å². The van der Waals surface area contributed by atoms with Crippen molar-refractivity contribution in [1.29, 1.82) is 0 Å². The van der Waals surface area contributed by atoms with Crippen LogP contribution in [0.25, 0.3) is 0 Å². The van der Waals surface area contributed by atoms with E-state index in [2.05, 4.69) is 18.7 Å². The summed E-state index contributed by atoms with van der Waals surface area (Å²) in [4.78, 5) is 2.48. The van der Waals surface area contributed by atoms with Gasteiger partial charge in [-0.1, -0.05) is 37.3 Å². The lowest BCUT2D eigenvalue weighted by molar-refractivity contribution is -0.0342. The predicted molar refractivity (Wildman–Crippen MR) is 70.9 cm³/mol. The summed E-state index contributed by atoms with van der Waals surface area (Å²) in [6.07, 6.45) is 2.88. The Morgan fingerprint density at radius 2 is 1.82 bits per heavy atom. The number of rotatable bonds is 3. The first-order valence-electron chi connectivity index (χ1n) is 6.67. The van der Waals surface area contributed by atoms with Crippen molar-refractivity contribution in [3.8, 4) is 0 Å². The highest BCUT2D eigenvalue weighted by Gasteiger charge is 2.34. The number of hydrogen-bond acceptors (Lipinski definition) is 2. The molecule has 2 rings (SSSR count). The summed E-state index contributed by atoms with van der Waals surface area (Å²) in [5.41, 5.74) is 0.467. The third-order valence-corrected chi connectivity index (χ3v) is 4.15. The van der Waals surface area contributed by atoms with Gasteiger partial charge in [0.05, 0.1) is 5.60 Å².